The zero-order chi connectivity index (χ0) is 15.6. The van der Waals surface area contributed by atoms with Crippen LogP contribution in [0.5, 0.6) is 0 Å². The smallest absolute Gasteiger partial charge is 0.337 e. The minimum atomic E-state index is -1.35. The number of nitro benzene ring substituents is 1. The predicted molar refractivity (Wildman–Crippen MR) is 78.8 cm³/mol. The predicted octanol–water partition coefficient (Wildman–Crippen LogP) is 3.03. The molecule has 106 valence electrons. The van der Waals surface area contributed by atoms with Gasteiger partial charge in [0.15, 0.2) is 0 Å². The first-order chi connectivity index (χ1) is 9.91. The van der Waals surface area contributed by atoms with Crippen LogP contribution in [0.3, 0.4) is 0 Å². The van der Waals surface area contributed by atoms with E-state index < -0.39 is 16.0 Å². The highest BCUT2D eigenvalue weighted by molar-refractivity contribution is 7.97. The van der Waals surface area contributed by atoms with Gasteiger partial charge in [0.05, 0.1) is 16.1 Å². The lowest BCUT2D eigenvalue weighted by molar-refractivity contribution is -0.384. The molecule has 0 bridgehead atoms. The zero-order valence-electron chi connectivity index (χ0n) is 10.5. The number of nitro groups is 1. The van der Waals surface area contributed by atoms with Crippen molar-refractivity contribution in [1.29, 1.82) is 0 Å². The molecule has 21 heavy (non-hydrogen) atoms. The number of aromatic carboxylic acids is 1. The molecular formula is C14H9NO5S. The van der Waals surface area contributed by atoms with Crippen molar-refractivity contribution in [2.24, 2.45) is 0 Å². The second-order valence-electron chi connectivity index (χ2n) is 4.15. The maximum atomic E-state index is 11.5. The average molecular weight is 303 g/mol. The largest absolute Gasteiger partial charge is 0.478 e. The number of nitrogens with zero attached hydrogens (tertiary/aromatic N) is 1. The van der Waals surface area contributed by atoms with E-state index in [-0.39, 0.29) is 22.4 Å². The highest BCUT2D eigenvalue weighted by Gasteiger charge is 2.24. The van der Waals surface area contributed by atoms with Crippen molar-refractivity contribution < 1.29 is 19.6 Å². The Morgan fingerprint density at radius 2 is 1.76 bits per heavy atom. The van der Waals surface area contributed by atoms with Crippen LogP contribution in [0, 0.1) is 10.1 Å². The summed E-state index contributed by atoms with van der Waals surface area (Å²) in [5.41, 5.74) is -0.397. The van der Waals surface area contributed by atoms with Gasteiger partial charge in [-0.05, 0) is 5.56 Å². The number of benzene rings is 2. The van der Waals surface area contributed by atoms with E-state index in [0.717, 1.165) is 12.1 Å². The number of rotatable bonds is 4. The third-order valence-corrected chi connectivity index (χ3v) is 3.10. The molecule has 0 radical (unpaired) electrons. The number of hydrogen-bond donors (Lipinski definition) is 2. The van der Waals surface area contributed by atoms with E-state index in [1.807, 2.05) is 0 Å². The van der Waals surface area contributed by atoms with E-state index >= 15 is 0 Å². The lowest BCUT2D eigenvalue weighted by Crippen LogP contribution is -2.08. The third-order valence-electron chi connectivity index (χ3n) is 2.86. The Kier molecular flexibility index (Phi) is 4.04. The fourth-order valence-electron chi connectivity index (χ4n) is 1.98. The molecule has 7 heteroatoms. The quantitative estimate of drug-likeness (QED) is 0.514. The van der Waals surface area contributed by atoms with Crippen LogP contribution in [0.15, 0.2) is 42.5 Å². The number of non-ortho nitro benzene ring substituents is 1. The molecule has 0 saturated carbocycles. The van der Waals surface area contributed by atoms with Gasteiger partial charge in [-0.15, -0.1) is 12.6 Å². The topological polar surface area (TPSA) is 97.5 Å². The van der Waals surface area contributed by atoms with Gasteiger partial charge < -0.3 is 5.11 Å². The summed E-state index contributed by atoms with van der Waals surface area (Å²) in [7, 11) is 0. The molecule has 0 spiro atoms. The number of hydrogen-bond acceptors (Lipinski definition) is 4. The van der Waals surface area contributed by atoms with E-state index in [0.29, 0.717) is 5.56 Å². The summed E-state index contributed by atoms with van der Waals surface area (Å²) in [4.78, 5) is 33.2. The van der Waals surface area contributed by atoms with E-state index in [2.05, 4.69) is 12.6 Å². The molecule has 0 aliphatic carbocycles. The molecule has 0 saturated heterocycles. The van der Waals surface area contributed by atoms with Crippen LogP contribution in [0.4, 0.5) is 5.69 Å². The molecule has 2 aromatic rings. The van der Waals surface area contributed by atoms with E-state index in [1.54, 1.807) is 30.3 Å². The average Bonchev–Trinajstić information content (AvgIpc) is 2.46. The van der Waals surface area contributed by atoms with Crippen LogP contribution in [0.2, 0.25) is 0 Å². The Morgan fingerprint density at radius 3 is 2.24 bits per heavy atom. The fourth-order valence-corrected chi connectivity index (χ4v) is 2.15. The standard InChI is InChI=1S/C14H9NO5S/c16-13(17)12-10(8-4-2-1-3-5-8)6-9(15(19)20)7-11(12)14(18)21/h1-7H,(H,16,17)(H,18,21). The molecule has 0 atom stereocenters. The van der Waals surface area contributed by atoms with E-state index in [4.69, 9.17) is 0 Å². The summed E-state index contributed by atoms with van der Waals surface area (Å²) in [5.74, 6) is -1.35. The lowest BCUT2D eigenvalue weighted by atomic mass is 9.95. The Balaban J connectivity index is 2.86. The van der Waals surface area contributed by atoms with Gasteiger partial charge in [-0.25, -0.2) is 4.79 Å². The maximum absolute atomic E-state index is 11.5. The Hall–Kier alpha value is -2.67. The molecule has 0 aliphatic heterocycles. The minimum Gasteiger partial charge on any atom is -0.478 e. The zero-order valence-corrected chi connectivity index (χ0v) is 11.4. The minimum absolute atomic E-state index is 0.106. The molecular weight excluding hydrogens is 294 g/mol. The fraction of sp³-hybridized carbons (Fsp3) is 0. The molecule has 2 aromatic carbocycles. The van der Waals surface area contributed by atoms with Crippen molar-refractivity contribution in [3.63, 3.8) is 0 Å². The summed E-state index contributed by atoms with van der Waals surface area (Å²) in [5, 5.41) is 19.5. The summed E-state index contributed by atoms with van der Waals surface area (Å²) < 4.78 is 0. The third kappa shape index (κ3) is 2.92. The molecule has 1 N–H and O–H groups in total. The van der Waals surface area contributed by atoms with Gasteiger partial charge in [-0.1, -0.05) is 30.3 Å². The van der Waals surface area contributed by atoms with Crippen molar-refractivity contribution in [1.82, 2.24) is 0 Å². The summed E-state index contributed by atoms with van der Waals surface area (Å²) in [6.07, 6.45) is 0. The molecule has 6 nitrogen and oxygen atoms in total. The molecule has 2 rings (SSSR count). The second kappa shape index (κ2) is 5.76. The molecule has 0 amide bonds. The molecule has 0 aromatic heterocycles. The van der Waals surface area contributed by atoms with Crippen molar-refractivity contribution in [3.05, 3.63) is 63.7 Å². The monoisotopic (exact) mass is 303 g/mol. The normalized spacial score (nSPS) is 10.1. The van der Waals surface area contributed by atoms with Crippen molar-refractivity contribution >= 4 is 29.4 Å². The van der Waals surface area contributed by atoms with Crippen LogP contribution in [0.25, 0.3) is 11.1 Å². The van der Waals surface area contributed by atoms with Crippen LogP contribution in [0.1, 0.15) is 20.7 Å². The van der Waals surface area contributed by atoms with Gasteiger partial charge in [0, 0.05) is 17.7 Å². The molecule has 0 aliphatic rings. The SMILES string of the molecule is O=C(S)c1cc([N+](=O)[O-])cc(-c2ccccc2)c1C(=O)O. The van der Waals surface area contributed by atoms with Gasteiger partial charge >= 0.3 is 5.97 Å². The van der Waals surface area contributed by atoms with Crippen LogP contribution >= 0.6 is 12.6 Å². The maximum Gasteiger partial charge on any atom is 0.337 e. The van der Waals surface area contributed by atoms with Crippen LogP contribution in [-0.4, -0.2) is 21.1 Å². The van der Waals surface area contributed by atoms with Crippen LogP contribution < -0.4 is 0 Å². The Morgan fingerprint density at radius 1 is 1.14 bits per heavy atom. The lowest BCUT2D eigenvalue weighted by Gasteiger charge is -2.10. The molecule has 0 fully saturated rings. The summed E-state index contributed by atoms with van der Waals surface area (Å²) in [6, 6.07) is 10.3. The Bertz CT molecular complexity index is 743. The van der Waals surface area contributed by atoms with Gasteiger partial charge in [0.1, 0.15) is 0 Å². The van der Waals surface area contributed by atoms with Crippen molar-refractivity contribution in [2.45, 2.75) is 0 Å². The van der Waals surface area contributed by atoms with E-state index in [1.165, 1.54) is 0 Å². The van der Waals surface area contributed by atoms with Gasteiger partial charge in [-0.3, -0.25) is 14.9 Å². The number of carboxylic acid groups (broad SMARTS) is 1. The highest BCUT2D eigenvalue weighted by atomic mass is 32.1. The first-order valence-electron chi connectivity index (χ1n) is 5.76. The van der Waals surface area contributed by atoms with Gasteiger partial charge in [0.2, 0.25) is 5.12 Å². The number of thiol groups is 1. The number of carbonyl (C=O) groups excluding carboxylic acids is 1. The van der Waals surface area contributed by atoms with Gasteiger partial charge in [-0.2, -0.15) is 0 Å². The summed E-state index contributed by atoms with van der Waals surface area (Å²) >= 11 is 3.60. The number of carboxylic acids is 1. The molecule has 0 unspecified atom stereocenters. The summed E-state index contributed by atoms with van der Waals surface area (Å²) in [6.45, 7) is 0. The first-order valence-corrected chi connectivity index (χ1v) is 6.21. The van der Waals surface area contributed by atoms with E-state index in [9.17, 15) is 24.8 Å². The van der Waals surface area contributed by atoms with Crippen molar-refractivity contribution in [3.8, 4) is 11.1 Å². The van der Waals surface area contributed by atoms with Crippen molar-refractivity contribution in [2.75, 3.05) is 0 Å². The second-order valence-corrected chi connectivity index (χ2v) is 4.56. The highest BCUT2D eigenvalue weighted by Crippen LogP contribution is 2.31. The van der Waals surface area contributed by atoms with Gasteiger partial charge in [0.25, 0.3) is 5.69 Å². The number of carbonyl (C=O) groups is 2. The molecule has 0 heterocycles. The van der Waals surface area contributed by atoms with Crippen LogP contribution in [-0.2, 0) is 0 Å². The first kappa shape index (κ1) is 14.7. The Labute approximate surface area is 124 Å².